The van der Waals surface area contributed by atoms with Crippen molar-refractivity contribution < 1.29 is 13.2 Å². The van der Waals surface area contributed by atoms with Gasteiger partial charge < -0.3 is 9.72 Å². The van der Waals surface area contributed by atoms with Gasteiger partial charge in [0.05, 0.1) is 16.5 Å². The summed E-state index contributed by atoms with van der Waals surface area (Å²) in [4.78, 5) is 13.3. The van der Waals surface area contributed by atoms with E-state index in [0.717, 1.165) is 0 Å². The molecule has 0 aromatic carbocycles. The summed E-state index contributed by atoms with van der Waals surface area (Å²) in [6.07, 6.45) is 1.63. The lowest BCUT2D eigenvalue weighted by Crippen LogP contribution is -2.50. The van der Waals surface area contributed by atoms with Gasteiger partial charge in [0.1, 0.15) is 0 Å². The highest BCUT2D eigenvalue weighted by Gasteiger charge is 2.40. The second-order valence-corrected chi connectivity index (χ2v) is 6.36. The van der Waals surface area contributed by atoms with Gasteiger partial charge in [-0.25, -0.2) is 13.1 Å². The van der Waals surface area contributed by atoms with Gasteiger partial charge in [-0.1, -0.05) is 0 Å². The van der Waals surface area contributed by atoms with E-state index in [1.807, 2.05) is 13.8 Å². The van der Waals surface area contributed by atoms with Gasteiger partial charge in [-0.05, 0) is 26.3 Å². The molecule has 6 nitrogen and oxygen atoms in total. The van der Waals surface area contributed by atoms with E-state index in [4.69, 9.17) is 4.74 Å². The van der Waals surface area contributed by atoms with Crippen molar-refractivity contribution in [3.63, 3.8) is 0 Å². The molecule has 100 valence electrons. The van der Waals surface area contributed by atoms with Crippen LogP contribution in [0.1, 0.15) is 20.3 Å². The molecule has 0 spiro atoms. The van der Waals surface area contributed by atoms with Gasteiger partial charge in [0.25, 0.3) is 0 Å². The highest BCUT2D eigenvalue weighted by Crippen LogP contribution is 2.27. The van der Waals surface area contributed by atoms with E-state index in [-0.39, 0.29) is 16.6 Å². The Kier molecular flexibility index (Phi) is 3.31. The summed E-state index contributed by atoms with van der Waals surface area (Å²) in [5.74, 6) is 0. The fraction of sp³-hybridized carbons (Fsp3) is 0.545. The second kappa shape index (κ2) is 4.49. The Morgan fingerprint density at radius 1 is 1.50 bits per heavy atom. The van der Waals surface area contributed by atoms with E-state index < -0.39 is 15.6 Å². The van der Waals surface area contributed by atoms with Crippen LogP contribution in [0, 0.1) is 0 Å². The van der Waals surface area contributed by atoms with Crippen LogP contribution >= 0.6 is 0 Å². The molecule has 1 aromatic heterocycles. The Bertz CT molecular complexity index is 575. The van der Waals surface area contributed by atoms with Crippen molar-refractivity contribution in [1.82, 2.24) is 9.71 Å². The Balaban J connectivity index is 2.27. The molecule has 2 heterocycles. The monoisotopic (exact) mass is 272 g/mol. The number of aromatic nitrogens is 1. The Hall–Kier alpha value is -1.18. The first-order valence-corrected chi connectivity index (χ1v) is 7.16. The number of aromatic amines is 1. The predicted molar refractivity (Wildman–Crippen MR) is 65.8 cm³/mol. The molecule has 2 unspecified atom stereocenters. The summed E-state index contributed by atoms with van der Waals surface area (Å²) in [6.45, 7) is 4.18. The van der Waals surface area contributed by atoms with E-state index in [1.54, 1.807) is 0 Å². The summed E-state index contributed by atoms with van der Waals surface area (Å²) in [6, 6.07) is 2.47. The van der Waals surface area contributed by atoms with Gasteiger partial charge in [-0.2, -0.15) is 0 Å². The molecule has 1 aliphatic rings. The summed E-state index contributed by atoms with van der Waals surface area (Å²) < 4.78 is 32.3. The van der Waals surface area contributed by atoms with Crippen molar-refractivity contribution >= 4 is 10.0 Å². The quantitative estimate of drug-likeness (QED) is 0.824. The molecule has 0 amide bonds. The molecule has 0 radical (unpaired) electrons. The van der Waals surface area contributed by atoms with Crippen molar-refractivity contribution in [2.24, 2.45) is 0 Å². The third kappa shape index (κ3) is 2.47. The van der Waals surface area contributed by atoms with Crippen molar-refractivity contribution in [3.8, 4) is 0 Å². The molecule has 1 aromatic rings. The number of hydrogen-bond donors (Lipinski definition) is 2. The summed E-state index contributed by atoms with van der Waals surface area (Å²) in [5, 5.41) is 0. The highest BCUT2D eigenvalue weighted by molar-refractivity contribution is 7.89. The maximum Gasteiger partial charge on any atom is 0.247 e. The molecule has 2 rings (SSSR count). The van der Waals surface area contributed by atoms with Crippen LogP contribution in [0.3, 0.4) is 0 Å². The van der Waals surface area contributed by atoms with E-state index >= 15 is 0 Å². The average Bonchev–Trinajstić information content (AvgIpc) is 2.58. The molecule has 1 aliphatic heterocycles. The zero-order valence-electron chi connectivity index (χ0n) is 10.3. The SMILES string of the molecule is CC1OCCC1(C)NS(=O)(=O)c1ccc(=O)[nH]c1. The number of rotatable bonds is 3. The zero-order chi connectivity index (χ0) is 13.4. The van der Waals surface area contributed by atoms with E-state index in [0.29, 0.717) is 13.0 Å². The molecule has 0 saturated carbocycles. The van der Waals surface area contributed by atoms with Crippen molar-refractivity contribution in [2.75, 3.05) is 6.61 Å². The molecular formula is C11H16N2O4S. The maximum absolute atomic E-state index is 12.2. The molecule has 1 fully saturated rings. The van der Waals surface area contributed by atoms with Crippen molar-refractivity contribution in [2.45, 2.75) is 36.8 Å². The van der Waals surface area contributed by atoms with Crippen LogP contribution in [0.4, 0.5) is 0 Å². The van der Waals surface area contributed by atoms with Crippen LogP contribution in [0.5, 0.6) is 0 Å². The van der Waals surface area contributed by atoms with Gasteiger partial charge in [0, 0.05) is 18.9 Å². The van der Waals surface area contributed by atoms with Gasteiger partial charge in [0.15, 0.2) is 0 Å². The Morgan fingerprint density at radius 2 is 2.22 bits per heavy atom. The lowest BCUT2D eigenvalue weighted by Gasteiger charge is -2.28. The Labute approximate surface area is 105 Å². The molecule has 0 bridgehead atoms. The van der Waals surface area contributed by atoms with Crippen LogP contribution in [-0.2, 0) is 14.8 Å². The normalized spacial score (nSPS) is 28.4. The van der Waals surface area contributed by atoms with Gasteiger partial charge in [-0.15, -0.1) is 0 Å². The summed E-state index contributed by atoms with van der Waals surface area (Å²) in [5.41, 5.74) is -0.952. The molecule has 7 heteroatoms. The van der Waals surface area contributed by atoms with Crippen LogP contribution < -0.4 is 10.3 Å². The molecule has 1 saturated heterocycles. The fourth-order valence-electron chi connectivity index (χ4n) is 1.90. The molecule has 2 N–H and O–H groups in total. The Morgan fingerprint density at radius 3 is 2.72 bits per heavy atom. The second-order valence-electron chi connectivity index (χ2n) is 4.67. The lowest BCUT2D eigenvalue weighted by molar-refractivity contribution is 0.0957. The summed E-state index contributed by atoms with van der Waals surface area (Å²) >= 11 is 0. The third-order valence-electron chi connectivity index (χ3n) is 3.32. The largest absolute Gasteiger partial charge is 0.376 e. The molecule has 2 atom stereocenters. The number of sulfonamides is 1. The van der Waals surface area contributed by atoms with E-state index in [9.17, 15) is 13.2 Å². The fourth-order valence-corrected chi connectivity index (χ4v) is 3.36. The predicted octanol–water partition coefficient (Wildman–Crippen LogP) is 0.221. The topological polar surface area (TPSA) is 88.3 Å². The molecular weight excluding hydrogens is 256 g/mol. The van der Waals surface area contributed by atoms with Crippen LogP contribution in [0.15, 0.2) is 28.0 Å². The number of H-pyrrole nitrogens is 1. The van der Waals surface area contributed by atoms with Gasteiger partial charge in [-0.3, -0.25) is 4.79 Å². The first kappa shape index (κ1) is 13.3. The van der Waals surface area contributed by atoms with Crippen molar-refractivity contribution in [1.29, 1.82) is 0 Å². The highest BCUT2D eigenvalue weighted by atomic mass is 32.2. The molecule has 18 heavy (non-hydrogen) atoms. The average molecular weight is 272 g/mol. The zero-order valence-corrected chi connectivity index (χ0v) is 11.1. The van der Waals surface area contributed by atoms with Gasteiger partial charge >= 0.3 is 0 Å². The van der Waals surface area contributed by atoms with Crippen molar-refractivity contribution in [3.05, 3.63) is 28.7 Å². The third-order valence-corrected chi connectivity index (χ3v) is 4.93. The molecule has 0 aliphatic carbocycles. The summed E-state index contributed by atoms with van der Waals surface area (Å²) in [7, 11) is -3.65. The first-order chi connectivity index (χ1) is 8.33. The lowest BCUT2D eigenvalue weighted by atomic mass is 9.97. The minimum atomic E-state index is -3.65. The number of nitrogens with one attached hydrogen (secondary N) is 2. The minimum Gasteiger partial charge on any atom is -0.376 e. The minimum absolute atomic E-state index is 0.0439. The maximum atomic E-state index is 12.2. The van der Waals surface area contributed by atoms with Crippen LogP contribution in [0.2, 0.25) is 0 Å². The standard InChI is InChI=1S/C11H16N2O4S/c1-8-11(2,5-6-17-8)13-18(15,16)9-3-4-10(14)12-7-9/h3-4,7-8,13H,5-6H2,1-2H3,(H,12,14). The van der Waals surface area contributed by atoms with Crippen LogP contribution in [-0.4, -0.2) is 31.7 Å². The van der Waals surface area contributed by atoms with E-state index in [2.05, 4.69) is 9.71 Å². The number of hydrogen-bond acceptors (Lipinski definition) is 4. The van der Waals surface area contributed by atoms with E-state index in [1.165, 1.54) is 18.3 Å². The van der Waals surface area contributed by atoms with Crippen LogP contribution in [0.25, 0.3) is 0 Å². The first-order valence-electron chi connectivity index (χ1n) is 5.68. The van der Waals surface area contributed by atoms with Gasteiger partial charge in [0.2, 0.25) is 15.6 Å². The number of pyridine rings is 1. The number of ether oxygens (including phenoxy) is 1. The smallest absolute Gasteiger partial charge is 0.247 e.